The van der Waals surface area contributed by atoms with Crippen molar-refractivity contribution >= 4 is 23.4 Å². The predicted molar refractivity (Wildman–Crippen MR) is 131 cm³/mol. The third kappa shape index (κ3) is 4.64. The molecule has 0 aliphatic carbocycles. The normalized spacial score (nSPS) is 14.7. The number of benzene rings is 2. The molecule has 1 aliphatic rings. The van der Waals surface area contributed by atoms with Crippen LogP contribution in [0, 0.1) is 6.92 Å². The highest BCUT2D eigenvalue weighted by atomic mass is 16.5. The Hall–Kier alpha value is -3.28. The van der Waals surface area contributed by atoms with Gasteiger partial charge in [0.25, 0.3) is 5.91 Å². The first kappa shape index (κ1) is 23.4. The number of ether oxygens (including phenoxy) is 2. The molecule has 0 bridgehead atoms. The van der Waals surface area contributed by atoms with Gasteiger partial charge >= 0.3 is 0 Å². The number of aryl methyl sites for hydroxylation is 1. The molecule has 6 nitrogen and oxygen atoms in total. The molecule has 1 heterocycles. The summed E-state index contributed by atoms with van der Waals surface area (Å²) in [7, 11) is 3.20. The minimum absolute atomic E-state index is 0.0746. The molecule has 32 heavy (non-hydrogen) atoms. The Morgan fingerprint density at radius 1 is 1.12 bits per heavy atom. The fourth-order valence-electron chi connectivity index (χ4n) is 4.24. The van der Waals surface area contributed by atoms with Gasteiger partial charge in [0.15, 0.2) is 0 Å². The second-order valence-electron chi connectivity index (χ2n) is 8.65. The lowest BCUT2D eigenvalue weighted by Crippen LogP contribution is -2.45. The van der Waals surface area contributed by atoms with Crippen molar-refractivity contribution in [3.63, 3.8) is 0 Å². The topological polar surface area (TPSA) is 63.2 Å². The van der Waals surface area contributed by atoms with Gasteiger partial charge in [-0.2, -0.15) is 5.10 Å². The first-order valence-corrected chi connectivity index (χ1v) is 10.9. The number of carbonyl (C=O) groups is 1. The average Bonchev–Trinajstić information content (AvgIpc) is 2.75. The number of hydrogen-bond donors (Lipinski definition) is 1. The number of nitrogens with one attached hydrogen (secondary N) is 1. The van der Waals surface area contributed by atoms with Crippen LogP contribution >= 0.6 is 0 Å². The van der Waals surface area contributed by atoms with Crippen LogP contribution < -0.4 is 19.8 Å². The Morgan fingerprint density at radius 3 is 2.50 bits per heavy atom. The molecule has 0 saturated heterocycles. The number of hydrazone groups is 1. The average molecular weight is 436 g/mol. The van der Waals surface area contributed by atoms with Crippen molar-refractivity contribution in [3.8, 4) is 11.5 Å². The van der Waals surface area contributed by atoms with E-state index in [1.807, 2.05) is 19.1 Å². The molecule has 0 radical (unpaired) electrons. The van der Waals surface area contributed by atoms with Crippen molar-refractivity contribution < 1.29 is 14.3 Å². The maximum Gasteiger partial charge on any atom is 0.275 e. The number of amides is 1. The number of nitrogens with zero attached hydrogens (tertiary/aromatic N) is 2. The molecule has 2 aromatic carbocycles. The van der Waals surface area contributed by atoms with Gasteiger partial charge in [-0.05, 0) is 63.5 Å². The van der Waals surface area contributed by atoms with Crippen molar-refractivity contribution in [2.24, 2.45) is 5.10 Å². The molecular weight excluding hydrogens is 402 g/mol. The number of fused-ring (bicyclic) bond motifs is 1. The molecule has 0 unspecified atom stereocenters. The van der Waals surface area contributed by atoms with E-state index in [1.54, 1.807) is 26.5 Å². The summed E-state index contributed by atoms with van der Waals surface area (Å²) in [6.45, 7) is 11.7. The van der Waals surface area contributed by atoms with E-state index in [0.29, 0.717) is 17.1 Å². The third-order valence-electron chi connectivity index (χ3n) is 5.75. The van der Waals surface area contributed by atoms with Crippen molar-refractivity contribution in [1.82, 2.24) is 5.43 Å². The van der Waals surface area contributed by atoms with Gasteiger partial charge in [-0.3, -0.25) is 4.79 Å². The summed E-state index contributed by atoms with van der Waals surface area (Å²) >= 11 is 0. The molecule has 0 spiro atoms. The molecule has 1 N–H and O–H groups in total. The summed E-state index contributed by atoms with van der Waals surface area (Å²) in [5.41, 5.74) is 8.28. The molecule has 2 aromatic rings. The third-order valence-corrected chi connectivity index (χ3v) is 5.75. The van der Waals surface area contributed by atoms with Crippen molar-refractivity contribution in [2.45, 2.75) is 46.6 Å². The molecule has 1 amide bonds. The maximum absolute atomic E-state index is 12.6. The second kappa shape index (κ2) is 9.47. The van der Waals surface area contributed by atoms with Crippen LogP contribution in [0.25, 0.3) is 5.57 Å². The lowest BCUT2D eigenvalue weighted by Gasteiger charge is -2.43. The summed E-state index contributed by atoms with van der Waals surface area (Å²) in [5, 5.41) is 4.19. The zero-order valence-corrected chi connectivity index (χ0v) is 20.1. The molecule has 0 atom stereocenters. The molecule has 0 saturated carbocycles. The van der Waals surface area contributed by atoms with Gasteiger partial charge in [-0.1, -0.05) is 19.1 Å². The van der Waals surface area contributed by atoms with E-state index in [9.17, 15) is 4.79 Å². The highest BCUT2D eigenvalue weighted by Crippen LogP contribution is 2.41. The minimum Gasteiger partial charge on any atom is -0.496 e. The summed E-state index contributed by atoms with van der Waals surface area (Å²) in [6, 6.07) is 9.56. The Morgan fingerprint density at radius 2 is 1.84 bits per heavy atom. The van der Waals surface area contributed by atoms with E-state index in [2.05, 4.69) is 61.3 Å². The molecule has 170 valence electrons. The van der Waals surface area contributed by atoms with Crippen LogP contribution in [0.3, 0.4) is 0 Å². The number of rotatable bonds is 7. The molecule has 1 aliphatic heterocycles. The van der Waals surface area contributed by atoms with Crippen LogP contribution in [0.2, 0.25) is 0 Å². The Bertz CT molecular complexity index is 1070. The number of methoxy groups -OCH3 is 2. The fraction of sp³-hybridized carbons (Fsp3) is 0.385. The SMILES string of the molecule is CCCN1c2cc(OC)c(/C=N\NC(=O)c3ccc(C)cc3OC)cc2C(C)=CC1(C)C. The molecule has 6 heteroatoms. The molecule has 0 aromatic heterocycles. The fourth-order valence-corrected chi connectivity index (χ4v) is 4.24. The lowest BCUT2D eigenvalue weighted by molar-refractivity contribution is 0.0952. The first-order valence-electron chi connectivity index (χ1n) is 10.9. The van der Waals surface area contributed by atoms with E-state index in [0.717, 1.165) is 35.3 Å². The smallest absolute Gasteiger partial charge is 0.275 e. The van der Waals surface area contributed by atoms with Gasteiger partial charge in [0.1, 0.15) is 11.5 Å². The summed E-state index contributed by atoms with van der Waals surface area (Å²) in [4.78, 5) is 15.0. The first-order chi connectivity index (χ1) is 15.2. The van der Waals surface area contributed by atoms with Gasteiger partial charge in [0, 0.05) is 29.4 Å². The molecular formula is C26H33N3O3. The number of allylic oxidation sites excluding steroid dienone is 1. The van der Waals surface area contributed by atoms with Gasteiger partial charge in [-0.25, -0.2) is 5.43 Å². The van der Waals surface area contributed by atoms with Gasteiger partial charge < -0.3 is 14.4 Å². The number of carbonyl (C=O) groups excluding carboxylic acids is 1. The minimum atomic E-state index is -0.332. The maximum atomic E-state index is 12.6. The highest BCUT2D eigenvalue weighted by molar-refractivity contribution is 5.98. The van der Waals surface area contributed by atoms with Crippen LogP contribution in [0.1, 0.15) is 61.2 Å². The zero-order chi connectivity index (χ0) is 23.5. The Labute approximate surface area is 190 Å². The van der Waals surface area contributed by atoms with E-state index in [-0.39, 0.29) is 11.4 Å². The number of anilines is 1. The zero-order valence-electron chi connectivity index (χ0n) is 20.1. The van der Waals surface area contributed by atoms with Crippen LogP contribution in [-0.4, -0.2) is 38.4 Å². The Kier molecular flexibility index (Phi) is 6.92. The largest absolute Gasteiger partial charge is 0.496 e. The molecule has 0 fully saturated rings. The van der Waals surface area contributed by atoms with Crippen molar-refractivity contribution in [3.05, 3.63) is 58.7 Å². The molecule has 3 rings (SSSR count). The van der Waals surface area contributed by atoms with E-state index in [1.165, 1.54) is 5.57 Å². The van der Waals surface area contributed by atoms with E-state index < -0.39 is 0 Å². The van der Waals surface area contributed by atoms with Crippen LogP contribution in [0.15, 0.2) is 41.5 Å². The quantitative estimate of drug-likeness (QED) is 0.480. The van der Waals surface area contributed by atoms with Gasteiger partial charge in [-0.15, -0.1) is 0 Å². The second-order valence-corrected chi connectivity index (χ2v) is 8.65. The highest BCUT2D eigenvalue weighted by Gasteiger charge is 2.31. The van der Waals surface area contributed by atoms with Crippen molar-refractivity contribution in [2.75, 3.05) is 25.7 Å². The van der Waals surface area contributed by atoms with Gasteiger partial charge in [0.2, 0.25) is 0 Å². The summed E-state index contributed by atoms with van der Waals surface area (Å²) in [5.74, 6) is 0.895. The van der Waals surface area contributed by atoms with Crippen LogP contribution in [-0.2, 0) is 0 Å². The number of hydrogen-bond acceptors (Lipinski definition) is 5. The van der Waals surface area contributed by atoms with Crippen molar-refractivity contribution in [1.29, 1.82) is 0 Å². The summed E-state index contributed by atoms with van der Waals surface area (Å²) < 4.78 is 11.0. The standard InChI is InChI=1S/C26H33N3O3/c1-8-11-29-22-14-23(31-6)19(13-21(22)18(3)15-26(29,4)5)16-27-28-25(30)20-10-9-17(2)12-24(20)32-7/h9-10,12-16H,8,11H2,1-7H3,(H,28,30)/b27-16-. The monoisotopic (exact) mass is 435 g/mol. The van der Waals surface area contributed by atoms with E-state index >= 15 is 0 Å². The predicted octanol–water partition coefficient (Wildman–Crippen LogP) is 5.19. The van der Waals surface area contributed by atoms with E-state index in [4.69, 9.17) is 9.47 Å². The lowest BCUT2D eigenvalue weighted by atomic mass is 9.87. The Balaban J connectivity index is 1.90. The van der Waals surface area contributed by atoms with Crippen LogP contribution in [0.4, 0.5) is 5.69 Å². The summed E-state index contributed by atoms with van der Waals surface area (Å²) in [6.07, 6.45) is 4.97. The van der Waals surface area contributed by atoms with Crippen LogP contribution in [0.5, 0.6) is 11.5 Å². The van der Waals surface area contributed by atoms with Gasteiger partial charge in [0.05, 0.1) is 31.5 Å².